The van der Waals surface area contributed by atoms with Gasteiger partial charge in [0.15, 0.2) is 23.0 Å². The van der Waals surface area contributed by atoms with Crippen LogP contribution in [-0.4, -0.2) is 36.3 Å². The normalized spacial score (nSPS) is 19.6. The van der Waals surface area contributed by atoms with Crippen molar-refractivity contribution in [3.05, 3.63) is 47.5 Å². The van der Waals surface area contributed by atoms with E-state index in [0.717, 1.165) is 11.1 Å². The Hall–Kier alpha value is -3.26. The van der Waals surface area contributed by atoms with E-state index in [1.54, 1.807) is 12.1 Å². The van der Waals surface area contributed by atoms with E-state index in [-0.39, 0.29) is 38.4 Å². The highest BCUT2D eigenvalue weighted by molar-refractivity contribution is 6.05. The number of carbonyl (C=O) groups excluding carboxylic acids is 2. The average molecular weight is 382 g/mol. The van der Waals surface area contributed by atoms with E-state index in [1.165, 1.54) is 4.90 Å². The number of likely N-dealkylation sites (tertiary alicyclic amines) is 1. The van der Waals surface area contributed by atoms with E-state index >= 15 is 0 Å². The van der Waals surface area contributed by atoms with E-state index in [9.17, 15) is 9.59 Å². The molecule has 8 nitrogen and oxygen atoms in total. The lowest BCUT2D eigenvalue weighted by Crippen LogP contribution is -2.38. The lowest BCUT2D eigenvalue weighted by molar-refractivity contribution is -0.139. The van der Waals surface area contributed by atoms with E-state index in [0.29, 0.717) is 29.5 Å². The molecule has 5 rings (SSSR count). The number of nitrogens with zero attached hydrogens (tertiary/aromatic N) is 1. The van der Waals surface area contributed by atoms with Gasteiger partial charge in [-0.25, -0.2) is 0 Å². The fraction of sp³-hybridized carbons (Fsp3) is 0.300. The standard InChI is InChI=1S/C20H18N2O6/c23-19-7-14(21-8-12-1-3-15-17(5-12)27-10-25-15)20(24)22(19)9-13-2-4-16-18(6-13)28-11-26-16/h1-6,14,21H,7-11H2/t14-/m1/s1. The number of imide groups is 1. The van der Waals surface area contributed by atoms with Gasteiger partial charge in [-0.15, -0.1) is 0 Å². The van der Waals surface area contributed by atoms with Crippen molar-refractivity contribution >= 4 is 11.8 Å². The third-order valence-corrected chi connectivity index (χ3v) is 5.01. The highest BCUT2D eigenvalue weighted by Crippen LogP contribution is 2.34. The summed E-state index contributed by atoms with van der Waals surface area (Å²) >= 11 is 0. The van der Waals surface area contributed by atoms with Gasteiger partial charge >= 0.3 is 0 Å². The van der Waals surface area contributed by atoms with Crippen LogP contribution >= 0.6 is 0 Å². The first kappa shape index (κ1) is 16.9. The second-order valence-corrected chi connectivity index (χ2v) is 6.83. The molecular weight excluding hydrogens is 364 g/mol. The van der Waals surface area contributed by atoms with Crippen molar-refractivity contribution in [3.8, 4) is 23.0 Å². The molecule has 8 heteroatoms. The second kappa shape index (κ2) is 6.72. The smallest absolute Gasteiger partial charge is 0.247 e. The molecule has 2 aromatic rings. The highest BCUT2D eigenvalue weighted by atomic mass is 16.7. The van der Waals surface area contributed by atoms with Crippen molar-refractivity contribution in [2.75, 3.05) is 13.6 Å². The summed E-state index contributed by atoms with van der Waals surface area (Å²) in [5, 5.41) is 3.17. The molecule has 1 N–H and O–H groups in total. The molecule has 0 aromatic heterocycles. The number of rotatable bonds is 5. The minimum absolute atomic E-state index is 0.147. The van der Waals surface area contributed by atoms with E-state index < -0.39 is 6.04 Å². The number of amides is 2. The van der Waals surface area contributed by atoms with E-state index in [4.69, 9.17) is 18.9 Å². The first-order chi connectivity index (χ1) is 13.7. The van der Waals surface area contributed by atoms with Gasteiger partial charge < -0.3 is 24.3 Å². The maximum Gasteiger partial charge on any atom is 0.247 e. The molecule has 0 unspecified atom stereocenters. The third kappa shape index (κ3) is 3.01. The largest absolute Gasteiger partial charge is 0.454 e. The quantitative estimate of drug-likeness (QED) is 0.786. The van der Waals surface area contributed by atoms with Crippen LogP contribution in [0, 0.1) is 0 Å². The van der Waals surface area contributed by atoms with Crippen molar-refractivity contribution in [1.29, 1.82) is 0 Å². The van der Waals surface area contributed by atoms with Crippen LogP contribution in [0.15, 0.2) is 36.4 Å². The second-order valence-electron chi connectivity index (χ2n) is 6.83. The first-order valence-electron chi connectivity index (χ1n) is 9.02. The number of benzene rings is 2. The number of nitrogens with one attached hydrogen (secondary N) is 1. The van der Waals surface area contributed by atoms with Gasteiger partial charge in [0.2, 0.25) is 25.4 Å². The predicted octanol–water partition coefficient (Wildman–Crippen LogP) is 1.56. The van der Waals surface area contributed by atoms with Gasteiger partial charge in [0.25, 0.3) is 0 Å². The Kier molecular flexibility index (Phi) is 4.05. The Morgan fingerprint density at radius 3 is 2.18 bits per heavy atom. The predicted molar refractivity (Wildman–Crippen MR) is 95.9 cm³/mol. The molecule has 0 radical (unpaired) electrons. The summed E-state index contributed by atoms with van der Waals surface area (Å²) in [7, 11) is 0. The fourth-order valence-electron chi connectivity index (χ4n) is 3.52. The summed E-state index contributed by atoms with van der Waals surface area (Å²) in [6.07, 6.45) is 0.147. The van der Waals surface area contributed by atoms with Crippen LogP contribution in [0.1, 0.15) is 17.5 Å². The molecule has 0 saturated carbocycles. The molecule has 3 heterocycles. The van der Waals surface area contributed by atoms with Gasteiger partial charge in [0.05, 0.1) is 19.0 Å². The lowest BCUT2D eigenvalue weighted by Gasteiger charge is -2.16. The van der Waals surface area contributed by atoms with Crippen molar-refractivity contribution in [2.45, 2.75) is 25.6 Å². The van der Waals surface area contributed by atoms with Gasteiger partial charge in [-0.2, -0.15) is 0 Å². The Morgan fingerprint density at radius 2 is 1.46 bits per heavy atom. The zero-order valence-corrected chi connectivity index (χ0v) is 15.0. The lowest BCUT2D eigenvalue weighted by atomic mass is 10.1. The van der Waals surface area contributed by atoms with Crippen LogP contribution in [0.25, 0.3) is 0 Å². The molecule has 1 saturated heterocycles. The summed E-state index contributed by atoms with van der Waals surface area (Å²) in [5.41, 5.74) is 1.78. The summed E-state index contributed by atoms with van der Waals surface area (Å²) in [4.78, 5) is 26.4. The number of fused-ring (bicyclic) bond motifs is 2. The molecule has 28 heavy (non-hydrogen) atoms. The van der Waals surface area contributed by atoms with Gasteiger partial charge in [0.1, 0.15) is 0 Å². The number of hydrogen-bond donors (Lipinski definition) is 1. The van der Waals surface area contributed by atoms with Crippen LogP contribution < -0.4 is 24.3 Å². The van der Waals surface area contributed by atoms with E-state index in [1.807, 2.05) is 24.3 Å². The van der Waals surface area contributed by atoms with Crippen LogP contribution in [0.4, 0.5) is 0 Å². The Labute approximate surface area is 160 Å². The summed E-state index contributed by atoms with van der Waals surface area (Å²) in [6, 6.07) is 10.5. The number of carbonyl (C=O) groups is 2. The van der Waals surface area contributed by atoms with E-state index in [2.05, 4.69) is 5.32 Å². The highest BCUT2D eigenvalue weighted by Gasteiger charge is 2.38. The topological polar surface area (TPSA) is 86.3 Å². The molecule has 1 fully saturated rings. The monoisotopic (exact) mass is 382 g/mol. The van der Waals surface area contributed by atoms with Crippen molar-refractivity contribution in [1.82, 2.24) is 10.2 Å². The van der Waals surface area contributed by atoms with Gasteiger partial charge in [-0.3, -0.25) is 14.5 Å². The van der Waals surface area contributed by atoms with Crippen LogP contribution in [-0.2, 0) is 22.7 Å². The zero-order chi connectivity index (χ0) is 19.1. The van der Waals surface area contributed by atoms with Gasteiger partial charge in [-0.1, -0.05) is 12.1 Å². The Morgan fingerprint density at radius 1 is 0.857 bits per heavy atom. The minimum atomic E-state index is -0.535. The molecule has 2 amide bonds. The fourth-order valence-corrected chi connectivity index (χ4v) is 3.52. The molecule has 0 spiro atoms. The zero-order valence-electron chi connectivity index (χ0n) is 15.0. The number of ether oxygens (including phenoxy) is 4. The van der Waals surface area contributed by atoms with Gasteiger partial charge in [-0.05, 0) is 35.4 Å². The van der Waals surface area contributed by atoms with Gasteiger partial charge in [0, 0.05) is 6.54 Å². The summed E-state index contributed by atoms with van der Waals surface area (Å²) in [5.74, 6) is 2.30. The summed E-state index contributed by atoms with van der Waals surface area (Å²) < 4.78 is 21.3. The first-order valence-corrected chi connectivity index (χ1v) is 9.02. The molecule has 2 aromatic carbocycles. The average Bonchev–Trinajstić information content (AvgIpc) is 3.41. The van der Waals surface area contributed by atoms with Crippen molar-refractivity contribution in [2.24, 2.45) is 0 Å². The molecule has 144 valence electrons. The molecule has 3 aliphatic heterocycles. The molecule has 0 bridgehead atoms. The molecule has 1 atom stereocenters. The number of hydrogen-bond acceptors (Lipinski definition) is 7. The maximum atomic E-state index is 12.7. The molecule has 0 aliphatic carbocycles. The van der Waals surface area contributed by atoms with Crippen LogP contribution in [0.3, 0.4) is 0 Å². The molecule has 3 aliphatic rings. The Balaban J connectivity index is 1.23. The SMILES string of the molecule is O=C1C[C@@H](NCc2ccc3c(c2)OCO3)C(=O)N1Cc1ccc2c(c1)OCO2. The summed E-state index contributed by atoms with van der Waals surface area (Å²) in [6.45, 7) is 1.08. The third-order valence-electron chi connectivity index (χ3n) is 5.01. The Bertz CT molecular complexity index is 960. The maximum absolute atomic E-state index is 12.7. The van der Waals surface area contributed by atoms with Crippen LogP contribution in [0.5, 0.6) is 23.0 Å². The molecular formula is C20H18N2O6. The van der Waals surface area contributed by atoms with Crippen molar-refractivity contribution in [3.63, 3.8) is 0 Å². The van der Waals surface area contributed by atoms with Crippen molar-refractivity contribution < 1.29 is 28.5 Å². The van der Waals surface area contributed by atoms with Crippen LogP contribution in [0.2, 0.25) is 0 Å². The minimum Gasteiger partial charge on any atom is -0.454 e.